The van der Waals surface area contributed by atoms with E-state index in [2.05, 4.69) is 5.10 Å². The Morgan fingerprint density at radius 2 is 2.54 bits per heavy atom. The quantitative estimate of drug-likeness (QED) is 0.690. The Morgan fingerprint density at radius 1 is 1.85 bits per heavy atom. The largest absolute Gasteiger partial charge is 0.481 e. The Hall–Kier alpha value is -1.36. The first-order valence-electron chi connectivity index (χ1n) is 4.15. The van der Waals surface area contributed by atoms with Gasteiger partial charge in [-0.2, -0.15) is 5.10 Å². The van der Waals surface area contributed by atoms with Crippen LogP contribution in [0.3, 0.4) is 0 Å². The van der Waals surface area contributed by atoms with Crippen LogP contribution >= 0.6 is 0 Å². The standard InChI is InChI=1S/C8H13N3O2/c1-2-11-7(3-4-10-11)6(5-9)8(12)13/h3-4,6H,2,5,9H2,1H3,(H,12,13). The van der Waals surface area contributed by atoms with Crippen LogP contribution in [0.2, 0.25) is 0 Å². The number of nitrogens with zero attached hydrogens (tertiary/aromatic N) is 2. The molecule has 0 fully saturated rings. The summed E-state index contributed by atoms with van der Waals surface area (Å²) in [4.78, 5) is 10.8. The maximum atomic E-state index is 10.8. The van der Waals surface area contributed by atoms with Gasteiger partial charge in [0.15, 0.2) is 0 Å². The van der Waals surface area contributed by atoms with Gasteiger partial charge >= 0.3 is 5.97 Å². The van der Waals surface area contributed by atoms with Gasteiger partial charge in [0.1, 0.15) is 5.92 Å². The molecule has 0 radical (unpaired) electrons. The van der Waals surface area contributed by atoms with Crippen LogP contribution in [0.4, 0.5) is 0 Å². The van der Waals surface area contributed by atoms with Crippen molar-refractivity contribution in [2.24, 2.45) is 5.73 Å². The first-order valence-corrected chi connectivity index (χ1v) is 4.15. The van der Waals surface area contributed by atoms with E-state index >= 15 is 0 Å². The van der Waals surface area contributed by atoms with Crippen LogP contribution in [0.5, 0.6) is 0 Å². The number of nitrogens with two attached hydrogens (primary N) is 1. The third kappa shape index (κ3) is 1.86. The summed E-state index contributed by atoms with van der Waals surface area (Å²) in [6, 6.07) is 1.69. The number of carboxylic acid groups (broad SMARTS) is 1. The average molecular weight is 183 g/mol. The molecule has 1 aromatic heterocycles. The highest BCUT2D eigenvalue weighted by molar-refractivity contribution is 5.75. The zero-order chi connectivity index (χ0) is 9.84. The van der Waals surface area contributed by atoms with Gasteiger partial charge in [0.2, 0.25) is 0 Å². The molecule has 0 saturated heterocycles. The van der Waals surface area contributed by atoms with Gasteiger partial charge in [0.25, 0.3) is 0 Å². The summed E-state index contributed by atoms with van der Waals surface area (Å²) in [5, 5.41) is 12.8. The van der Waals surface area contributed by atoms with Crippen molar-refractivity contribution in [2.45, 2.75) is 19.4 Å². The van der Waals surface area contributed by atoms with Gasteiger partial charge in [-0.15, -0.1) is 0 Å². The first kappa shape index (κ1) is 9.73. The molecule has 0 aromatic carbocycles. The van der Waals surface area contributed by atoms with Crippen LogP contribution in [-0.2, 0) is 11.3 Å². The molecule has 0 spiro atoms. The molecule has 1 atom stereocenters. The molecule has 1 unspecified atom stereocenters. The van der Waals surface area contributed by atoms with Crippen molar-refractivity contribution in [3.8, 4) is 0 Å². The van der Waals surface area contributed by atoms with Gasteiger partial charge in [-0.25, -0.2) is 0 Å². The van der Waals surface area contributed by atoms with Gasteiger partial charge < -0.3 is 10.8 Å². The Bertz CT molecular complexity index is 295. The van der Waals surface area contributed by atoms with Crippen molar-refractivity contribution in [1.82, 2.24) is 9.78 Å². The molecule has 0 aliphatic carbocycles. The Labute approximate surface area is 76.2 Å². The van der Waals surface area contributed by atoms with Crippen molar-refractivity contribution >= 4 is 5.97 Å². The highest BCUT2D eigenvalue weighted by atomic mass is 16.4. The summed E-state index contributed by atoms with van der Waals surface area (Å²) < 4.78 is 1.64. The highest BCUT2D eigenvalue weighted by Gasteiger charge is 2.21. The van der Waals surface area contributed by atoms with Crippen LogP contribution < -0.4 is 5.73 Å². The van der Waals surface area contributed by atoms with Crippen LogP contribution in [0.1, 0.15) is 18.5 Å². The number of hydrogen-bond acceptors (Lipinski definition) is 3. The summed E-state index contributed by atoms with van der Waals surface area (Å²) in [7, 11) is 0. The molecule has 1 rings (SSSR count). The molecule has 1 aromatic rings. The summed E-state index contributed by atoms with van der Waals surface area (Å²) >= 11 is 0. The Kier molecular flexibility index (Phi) is 3.02. The molecule has 3 N–H and O–H groups in total. The fraction of sp³-hybridized carbons (Fsp3) is 0.500. The fourth-order valence-corrected chi connectivity index (χ4v) is 1.25. The molecule has 13 heavy (non-hydrogen) atoms. The van der Waals surface area contributed by atoms with E-state index in [1.165, 1.54) is 0 Å². The van der Waals surface area contributed by atoms with E-state index < -0.39 is 11.9 Å². The van der Waals surface area contributed by atoms with Crippen molar-refractivity contribution in [3.05, 3.63) is 18.0 Å². The molecule has 0 saturated carbocycles. The number of carbonyl (C=O) groups is 1. The minimum atomic E-state index is -0.905. The lowest BCUT2D eigenvalue weighted by molar-refractivity contribution is -0.138. The summed E-state index contributed by atoms with van der Waals surface area (Å²) in [5.74, 6) is -1.56. The van der Waals surface area contributed by atoms with E-state index in [9.17, 15) is 4.79 Å². The molecular weight excluding hydrogens is 170 g/mol. The minimum absolute atomic E-state index is 0.0982. The number of aromatic nitrogens is 2. The molecule has 0 aliphatic rings. The molecular formula is C8H13N3O2. The van der Waals surface area contributed by atoms with E-state index in [0.29, 0.717) is 12.2 Å². The van der Waals surface area contributed by atoms with E-state index in [1.54, 1.807) is 16.9 Å². The summed E-state index contributed by atoms with van der Waals surface area (Å²) in [6.07, 6.45) is 1.59. The predicted molar refractivity (Wildman–Crippen MR) is 47.3 cm³/mol. The lowest BCUT2D eigenvalue weighted by Gasteiger charge is -2.10. The van der Waals surface area contributed by atoms with Crippen LogP contribution in [-0.4, -0.2) is 27.4 Å². The van der Waals surface area contributed by atoms with Crippen LogP contribution in [0.25, 0.3) is 0 Å². The molecule has 72 valence electrons. The van der Waals surface area contributed by atoms with Gasteiger partial charge in [0.05, 0.1) is 5.69 Å². The Balaban J connectivity index is 2.96. The summed E-state index contributed by atoms with van der Waals surface area (Å²) in [6.45, 7) is 2.67. The lowest BCUT2D eigenvalue weighted by Crippen LogP contribution is -2.24. The van der Waals surface area contributed by atoms with E-state index in [0.717, 1.165) is 0 Å². The van der Waals surface area contributed by atoms with E-state index in [4.69, 9.17) is 10.8 Å². The fourth-order valence-electron chi connectivity index (χ4n) is 1.25. The van der Waals surface area contributed by atoms with Crippen molar-refractivity contribution in [1.29, 1.82) is 0 Å². The number of aryl methyl sites for hydroxylation is 1. The van der Waals surface area contributed by atoms with Crippen LogP contribution in [0.15, 0.2) is 12.3 Å². The second-order valence-electron chi connectivity index (χ2n) is 2.70. The van der Waals surface area contributed by atoms with Gasteiger partial charge in [-0.3, -0.25) is 9.48 Å². The molecule has 0 amide bonds. The smallest absolute Gasteiger partial charge is 0.313 e. The summed E-state index contributed by atoms with van der Waals surface area (Å²) in [5.41, 5.74) is 6.03. The third-order valence-electron chi connectivity index (χ3n) is 1.94. The molecule has 5 nitrogen and oxygen atoms in total. The second-order valence-corrected chi connectivity index (χ2v) is 2.70. The molecule has 0 aliphatic heterocycles. The lowest BCUT2D eigenvalue weighted by atomic mass is 10.1. The number of hydrogen-bond donors (Lipinski definition) is 2. The van der Waals surface area contributed by atoms with Crippen molar-refractivity contribution < 1.29 is 9.90 Å². The second kappa shape index (κ2) is 4.04. The monoisotopic (exact) mass is 183 g/mol. The van der Waals surface area contributed by atoms with Gasteiger partial charge in [-0.05, 0) is 13.0 Å². The van der Waals surface area contributed by atoms with E-state index in [1.807, 2.05) is 6.92 Å². The molecule has 5 heteroatoms. The molecule has 0 bridgehead atoms. The van der Waals surface area contributed by atoms with Gasteiger partial charge in [-0.1, -0.05) is 0 Å². The van der Waals surface area contributed by atoms with E-state index in [-0.39, 0.29) is 6.54 Å². The third-order valence-corrected chi connectivity index (χ3v) is 1.94. The minimum Gasteiger partial charge on any atom is -0.481 e. The first-order chi connectivity index (χ1) is 6.20. The zero-order valence-electron chi connectivity index (χ0n) is 7.47. The predicted octanol–water partition coefficient (Wildman–Crippen LogP) is 0.0299. The normalized spacial score (nSPS) is 12.8. The van der Waals surface area contributed by atoms with Crippen molar-refractivity contribution in [2.75, 3.05) is 6.54 Å². The number of rotatable bonds is 4. The van der Waals surface area contributed by atoms with Crippen molar-refractivity contribution in [3.63, 3.8) is 0 Å². The van der Waals surface area contributed by atoms with Crippen LogP contribution in [0, 0.1) is 0 Å². The number of aliphatic carboxylic acids is 1. The van der Waals surface area contributed by atoms with Gasteiger partial charge in [0, 0.05) is 19.3 Å². The highest BCUT2D eigenvalue weighted by Crippen LogP contribution is 2.13. The zero-order valence-corrected chi connectivity index (χ0v) is 7.47. The SMILES string of the molecule is CCn1nccc1C(CN)C(=O)O. The average Bonchev–Trinajstić information content (AvgIpc) is 2.53. The maximum absolute atomic E-state index is 10.8. The maximum Gasteiger partial charge on any atom is 0.313 e. The topological polar surface area (TPSA) is 81.1 Å². The number of carboxylic acids is 1. The Morgan fingerprint density at radius 3 is 3.00 bits per heavy atom. The molecule has 1 heterocycles.